The average molecular weight is 371 g/mol. The van der Waals surface area contributed by atoms with E-state index >= 15 is 0 Å². The molecule has 0 saturated carbocycles. The summed E-state index contributed by atoms with van der Waals surface area (Å²) in [6, 6.07) is 14.0. The molecule has 5 heteroatoms. The van der Waals surface area contributed by atoms with E-state index in [1.165, 1.54) is 5.56 Å². The van der Waals surface area contributed by atoms with Crippen molar-refractivity contribution in [3.8, 4) is 11.5 Å². The van der Waals surface area contributed by atoms with Crippen molar-refractivity contribution in [1.82, 2.24) is 4.90 Å². The fourth-order valence-corrected chi connectivity index (χ4v) is 3.29. The zero-order valence-corrected chi connectivity index (χ0v) is 16.1. The molecular formula is C22H29NO4. The zero-order valence-electron chi connectivity index (χ0n) is 16.1. The first kappa shape index (κ1) is 19.7. The van der Waals surface area contributed by atoms with Gasteiger partial charge in [-0.15, -0.1) is 0 Å². The van der Waals surface area contributed by atoms with Gasteiger partial charge in [0.05, 0.1) is 12.7 Å². The fraction of sp³-hybridized carbons (Fsp3) is 0.455. The molecule has 146 valence electrons. The van der Waals surface area contributed by atoms with Crippen LogP contribution in [0.4, 0.5) is 0 Å². The molecule has 0 saturated heterocycles. The highest BCUT2D eigenvalue weighted by molar-refractivity contribution is 5.39. The normalized spacial score (nSPS) is 15.7. The monoisotopic (exact) mass is 371 g/mol. The lowest BCUT2D eigenvalue weighted by Crippen LogP contribution is -2.25. The maximum absolute atomic E-state index is 10.4. The number of hydrogen-bond donors (Lipinski definition) is 2. The molecule has 0 aromatic heterocycles. The molecule has 1 unspecified atom stereocenters. The van der Waals surface area contributed by atoms with Crippen LogP contribution < -0.4 is 9.47 Å². The second-order valence-electron chi connectivity index (χ2n) is 7.33. The van der Waals surface area contributed by atoms with Crippen molar-refractivity contribution in [3.63, 3.8) is 0 Å². The van der Waals surface area contributed by atoms with Crippen LogP contribution in [0, 0.1) is 5.92 Å². The quantitative estimate of drug-likeness (QED) is 0.783. The van der Waals surface area contributed by atoms with Crippen molar-refractivity contribution in [2.24, 2.45) is 5.92 Å². The van der Waals surface area contributed by atoms with Gasteiger partial charge < -0.3 is 19.7 Å². The Morgan fingerprint density at radius 2 is 1.93 bits per heavy atom. The summed E-state index contributed by atoms with van der Waals surface area (Å²) in [6.07, 6.45) is -0.460. The van der Waals surface area contributed by atoms with Crippen LogP contribution in [0.15, 0.2) is 42.5 Å². The molecule has 1 heterocycles. The van der Waals surface area contributed by atoms with Gasteiger partial charge in [-0.05, 0) is 41.3 Å². The van der Waals surface area contributed by atoms with Crippen LogP contribution in [0.2, 0.25) is 0 Å². The highest BCUT2D eigenvalue weighted by Gasteiger charge is 2.19. The first-order chi connectivity index (χ1) is 13.1. The van der Waals surface area contributed by atoms with Gasteiger partial charge >= 0.3 is 0 Å². The third-order valence-electron chi connectivity index (χ3n) is 4.81. The minimum Gasteiger partial charge on any atom is -0.492 e. The summed E-state index contributed by atoms with van der Waals surface area (Å²) in [4.78, 5) is 2.35. The smallest absolute Gasteiger partial charge is 0.123 e. The summed E-state index contributed by atoms with van der Waals surface area (Å²) in [5.74, 6) is 1.85. The Balaban J connectivity index is 1.69. The number of aliphatic hydroxyl groups is 2. The Hall–Kier alpha value is -2.08. The Bertz CT molecular complexity index is 730. The molecule has 2 aromatic rings. The summed E-state index contributed by atoms with van der Waals surface area (Å²) in [6.45, 7) is 7.47. The lowest BCUT2D eigenvalue weighted by Gasteiger charge is -2.21. The zero-order chi connectivity index (χ0) is 19.2. The van der Waals surface area contributed by atoms with Gasteiger partial charge in [0.2, 0.25) is 0 Å². The predicted molar refractivity (Wildman–Crippen MR) is 105 cm³/mol. The molecule has 0 spiro atoms. The topological polar surface area (TPSA) is 62.2 Å². The lowest BCUT2D eigenvalue weighted by atomic mass is 9.97. The second kappa shape index (κ2) is 9.22. The highest BCUT2D eigenvalue weighted by atomic mass is 16.5. The van der Waals surface area contributed by atoms with Gasteiger partial charge in [0, 0.05) is 25.2 Å². The lowest BCUT2D eigenvalue weighted by molar-refractivity contribution is 0.126. The van der Waals surface area contributed by atoms with E-state index in [2.05, 4.69) is 23.1 Å². The Labute approximate surface area is 161 Å². The molecule has 27 heavy (non-hydrogen) atoms. The fourth-order valence-electron chi connectivity index (χ4n) is 3.29. The second-order valence-corrected chi connectivity index (χ2v) is 7.33. The molecule has 2 N–H and O–H groups in total. The van der Waals surface area contributed by atoms with Crippen molar-refractivity contribution in [2.75, 3.05) is 26.4 Å². The molecule has 0 fully saturated rings. The maximum Gasteiger partial charge on any atom is 0.123 e. The van der Waals surface area contributed by atoms with Crippen LogP contribution in [0.5, 0.6) is 11.5 Å². The predicted octanol–water partition coefficient (Wildman–Crippen LogP) is 3.14. The molecular weight excluding hydrogens is 342 g/mol. The molecule has 2 aromatic carbocycles. The maximum atomic E-state index is 10.4. The summed E-state index contributed by atoms with van der Waals surface area (Å²) in [5.41, 5.74) is 3.26. The highest BCUT2D eigenvalue weighted by Crippen LogP contribution is 2.30. The summed E-state index contributed by atoms with van der Waals surface area (Å²) >= 11 is 0. The van der Waals surface area contributed by atoms with Gasteiger partial charge in [-0.3, -0.25) is 4.90 Å². The van der Waals surface area contributed by atoms with E-state index < -0.39 is 6.10 Å². The van der Waals surface area contributed by atoms with Crippen LogP contribution in [-0.2, 0) is 13.1 Å². The molecule has 5 nitrogen and oxygen atoms in total. The first-order valence-electron chi connectivity index (χ1n) is 9.55. The van der Waals surface area contributed by atoms with Crippen LogP contribution in [0.3, 0.4) is 0 Å². The number of nitrogens with zero attached hydrogens (tertiary/aromatic N) is 1. The summed E-state index contributed by atoms with van der Waals surface area (Å²) < 4.78 is 11.3. The van der Waals surface area contributed by atoms with Crippen molar-refractivity contribution >= 4 is 0 Å². The van der Waals surface area contributed by atoms with Crippen LogP contribution in [0.25, 0.3) is 0 Å². The molecule has 0 bridgehead atoms. The van der Waals surface area contributed by atoms with Crippen LogP contribution >= 0.6 is 0 Å². The van der Waals surface area contributed by atoms with Gasteiger partial charge in [0.15, 0.2) is 0 Å². The largest absolute Gasteiger partial charge is 0.492 e. The van der Waals surface area contributed by atoms with Gasteiger partial charge in [0.1, 0.15) is 24.7 Å². The van der Waals surface area contributed by atoms with Crippen LogP contribution in [-0.4, -0.2) is 41.5 Å². The number of hydrogen-bond acceptors (Lipinski definition) is 5. The van der Waals surface area contributed by atoms with E-state index in [9.17, 15) is 5.11 Å². The minimum absolute atomic E-state index is 0.0163. The van der Waals surface area contributed by atoms with Crippen molar-refractivity contribution in [2.45, 2.75) is 33.0 Å². The SMILES string of the molecule is CC(C)C(O)c1ccc2c(c1)CN(Cc1ccc(OCCO)cc1)CCO2. The Morgan fingerprint density at radius 1 is 1.15 bits per heavy atom. The average Bonchev–Trinajstić information content (AvgIpc) is 2.87. The number of fused-ring (bicyclic) bond motifs is 1. The molecule has 1 atom stereocenters. The van der Waals surface area contributed by atoms with Crippen molar-refractivity contribution < 1.29 is 19.7 Å². The van der Waals surface area contributed by atoms with Gasteiger partial charge in [-0.25, -0.2) is 0 Å². The molecule has 3 rings (SSSR count). The number of rotatable bonds is 7. The van der Waals surface area contributed by atoms with Gasteiger partial charge in [-0.2, -0.15) is 0 Å². The van der Waals surface area contributed by atoms with Gasteiger partial charge in [-0.1, -0.05) is 32.0 Å². The summed E-state index contributed by atoms with van der Waals surface area (Å²) in [7, 11) is 0. The Kier molecular flexibility index (Phi) is 6.72. The summed E-state index contributed by atoms with van der Waals surface area (Å²) in [5, 5.41) is 19.2. The molecule has 1 aliphatic rings. The molecule has 0 aliphatic carbocycles. The van der Waals surface area contributed by atoms with E-state index in [1.54, 1.807) is 0 Å². The third-order valence-corrected chi connectivity index (χ3v) is 4.81. The van der Waals surface area contributed by atoms with E-state index in [4.69, 9.17) is 14.6 Å². The van der Waals surface area contributed by atoms with Crippen molar-refractivity contribution in [1.29, 1.82) is 0 Å². The van der Waals surface area contributed by atoms with E-state index in [0.29, 0.717) is 13.2 Å². The minimum atomic E-state index is -0.460. The van der Waals surface area contributed by atoms with Crippen LogP contribution in [0.1, 0.15) is 36.6 Å². The first-order valence-corrected chi connectivity index (χ1v) is 9.55. The molecule has 0 amide bonds. The molecule has 0 radical (unpaired) electrons. The van der Waals surface area contributed by atoms with Gasteiger partial charge in [0.25, 0.3) is 0 Å². The number of aliphatic hydroxyl groups excluding tert-OH is 2. The van der Waals surface area contributed by atoms with E-state index in [1.807, 2.05) is 38.1 Å². The standard InChI is InChI=1S/C22H29NO4/c1-16(2)22(25)18-5-8-21-19(13-18)15-23(9-11-27-21)14-17-3-6-20(7-4-17)26-12-10-24/h3-8,13,16,22,24-25H,9-12,14-15H2,1-2H3. The van der Waals surface area contributed by atoms with Crippen molar-refractivity contribution in [3.05, 3.63) is 59.2 Å². The Morgan fingerprint density at radius 3 is 2.63 bits per heavy atom. The number of ether oxygens (including phenoxy) is 2. The van der Waals surface area contributed by atoms with E-state index in [-0.39, 0.29) is 12.5 Å². The third kappa shape index (κ3) is 5.22. The number of benzene rings is 2. The van der Waals surface area contributed by atoms with E-state index in [0.717, 1.165) is 42.3 Å². The molecule has 1 aliphatic heterocycles.